The average Bonchev–Trinajstić information content (AvgIpc) is 2.61. The van der Waals surface area contributed by atoms with E-state index in [0.29, 0.717) is 11.8 Å². The molecule has 2 aromatic rings. The maximum absolute atomic E-state index is 5.84. The third-order valence-electron chi connectivity index (χ3n) is 4.03. The number of nitrogens with zero attached hydrogens (tertiary/aromatic N) is 1. The zero-order valence-corrected chi connectivity index (χ0v) is 17.0. The predicted molar refractivity (Wildman–Crippen MR) is 113 cm³/mol. The van der Waals surface area contributed by atoms with Crippen LogP contribution in [0.25, 0.3) is 0 Å². The monoisotopic (exact) mass is 372 g/mol. The summed E-state index contributed by atoms with van der Waals surface area (Å²) in [5.41, 5.74) is 2.29. The standard InChI is InChI=1S/C21H28N2O2S/c1-21(2,3)16-9-11-18(12-10-16)25-20(26)23(5)17-7-6-8-19(15-17)24-14-13-22-4/h6-12,15,22H,13-14H2,1-5H3. The number of likely N-dealkylation sites (N-methyl/N-ethyl adjacent to an activating group) is 1. The minimum Gasteiger partial charge on any atom is -0.492 e. The highest BCUT2D eigenvalue weighted by atomic mass is 32.1. The Bertz CT molecular complexity index is 724. The number of rotatable bonds is 6. The normalized spacial score (nSPS) is 11.1. The molecule has 0 aromatic heterocycles. The highest BCUT2D eigenvalue weighted by Crippen LogP contribution is 2.25. The van der Waals surface area contributed by atoms with Crippen LogP contribution in [0, 0.1) is 0 Å². The molecule has 140 valence electrons. The number of hydrogen-bond donors (Lipinski definition) is 1. The van der Waals surface area contributed by atoms with Gasteiger partial charge < -0.3 is 19.7 Å². The fourth-order valence-corrected chi connectivity index (χ4v) is 2.55. The maximum Gasteiger partial charge on any atom is 0.269 e. The van der Waals surface area contributed by atoms with E-state index < -0.39 is 0 Å². The van der Waals surface area contributed by atoms with E-state index in [0.717, 1.165) is 23.7 Å². The summed E-state index contributed by atoms with van der Waals surface area (Å²) in [5.74, 6) is 1.54. The molecule has 1 N–H and O–H groups in total. The molecule has 2 rings (SSSR count). The topological polar surface area (TPSA) is 33.7 Å². The Hall–Kier alpha value is -2.11. The summed E-state index contributed by atoms with van der Waals surface area (Å²) < 4.78 is 11.6. The molecule has 0 radical (unpaired) electrons. The lowest BCUT2D eigenvalue weighted by atomic mass is 9.87. The van der Waals surface area contributed by atoms with Gasteiger partial charge in [-0.05, 0) is 54.5 Å². The first-order valence-corrected chi connectivity index (χ1v) is 9.15. The van der Waals surface area contributed by atoms with Crippen molar-refractivity contribution in [3.8, 4) is 11.5 Å². The van der Waals surface area contributed by atoms with Gasteiger partial charge in [0.15, 0.2) is 0 Å². The van der Waals surface area contributed by atoms with E-state index in [1.54, 1.807) is 0 Å². The fourth-order valence-electron chi connectivity index (χ4n) is 2.35. The van der Waals surface area contributed by atoms with Crippen molar-refractivity contribution in [2.75, 3.05) is 32.1 Å². The summed E-state index contributed by atoms with van der Waals surface area (Å²) in [6.07, 6.45) is 0. The van der Waals surface area contributed by atoms with Crippen molar-refractivity contribution in [2.45, 2.75) is 26.2 Å². The molecule has 0 saturated heterocycles. The second-order valence-electron chi connectivity index (χ2n) is 7.15. The Labute approximate surface area is 162 Å². The van der Waals surface area contributed by atoms with E-state index in [9.17, 15) is 0 Å². The van der Waals surface area contributed by atoms with Crippen molar-refractivity contribution >= 4 is 23.1 Å². The SMILES string of the molecule is CNCCOc1cccc(N(C)C(=S)Oc2ccc(C(C)(C)C)cc2)c1. The number of thiocarbonyl (C=S) groups is 1. The molecule has 0 spiro atoms. The fraction of sp³-hybridized carbons (Fsp3) is 0.381. The van der Waals surface area contributed by atoms with Crippen LogP contribution >= 0.6 is 12.2 Å². The van der Waals surface area contributed by atoms with Crippen LogP contribution in [0.5, 0.6) is 11.5 Å². The van der Waals surface area contributed by atoms with E-state index >= 15 is 0 Å². The Balaban J connectivity index is 2.02. The number of nitrogens with one attached hydrogen (secondary N) is 1. The summed E-state index contributed by atoms with van der Waals surface area (Å²) in [4.78, 5) is 1.83. The second-order valence-corrected chi connectivity index (χ2v) is 7.50. The first kappa shape index (κ1) is 20.2. The molecule has 0 aliphatic heterocycles. The minimum absolute atomic E-state index is 0.115. The Kier molecular flexibility index (Phi) is 7.00. The zero-order chi connectivity index (χ0) is 19.2. The summed E-state index contributed by atoms with van der Waals surface area (Å²) in [6.45, 7) is 7.98. The van der Waals surface area contributed by atoms with Gasteiger partial charge >= 0.3 is 0 Å². The highest BCUT2D eigenvalue weighted by Gasteiger charge is 2.14. The molecule has 0 aliphatic carbocycles. The Morgan fingerprint density at radius 3 is 2.38 bits per heavy atom. The smallest absolute Gasteiger partial charge is 0.269 e. The number of hydrogen-bond acceptors (Lipinski definition) is 4. The molecular formula is C21H28N2O2S. The predicted octanol–water partition coefficient (Wildman–Crippen LogP) is 4.38. The van der Waals surface area contributed by atoms with Crippen molar-refractivity contribution in [1.82, 2.24) is 5.32 Å². The lowest BCUT2D eigenvalue weighted by molar-refractivity contribution is 0.318. The van der Waals surface area contributed by atoms with Crippen LogP contribution in [0.15, 0.2) is 48.5 Å². The van der Waals surface area contributed by atoms with E-state index in [4.69, 9.17) is 21.7 Å². The van der Waals surface area contributed by atoms with Gasteiger partial charge in [0.1, 0.15) is 18.1 Å². The van der Waals surface area contributed by atoms with Gasteiger partial charge in [-0.25, -0.2) is 0 Å². The maximum atomic E-state index is 5.84. The molecule has 0 fully saturated rings. The molecule has 0 aliphatic rings. The van der Waals surface area contributed by atoms with Gasteiger partial charge in [-0.1, -0.05) is 39.0 Å². The first-order valence-electron chi connectivity index (χ1n) is 8.75. The van der Waals surface area contributed by atoms with Gasteiger partial charge in [-0.2, -0.15) is 0 Å². The van der Waals surface area contributed by atoms with Crippen LogP contribution in [0.4, 0.5) is 5.69 Å². The van der Waals surface area contributed by atoms with Gasteiger partial charge in [-0.15, -0.1) is 0 Å². The molecular weight excluding hydrogens is 344 g/mol. The van der Waals surface area contributed by atoms with Crippen LogP contribution in [-0.4, -0.2) is 32.4 Å². The Morgan fingerprint density at radius 1 is 1.08 bits per heavy atom. The zero-order valence-electron chi connectivity index (χ0n) is 16.2. The van der Waals surface area contributed by atoms with Crippen molar-refractivity contribution in [3.63, 3.8) is 0 Å². The van der Waals surface area contributed by atoms with Crippen molar-refractivity contribution in [3.05, 3.63) is 54.1 Å². The highest BCUT2D eigenvalue weighted by molar-refractivity contribution is 7.80. The number of benzene rings is 2. The summed E-state index contributed by atoms with van der Waals surface area (Å²) in [5, 5.41) is 3.45. The van der Waals surface area contributed by atoms with E-state index in [2.05, 4.69) is 38.2 Å². The average molecular weight is 373 g/mol. The van der Waals surface area contributed by atoms with Gasteiger partial charge in [0.05, 0.1) is 0 Å². The van der Waals surface area contributed by atoms with Gasteiger partial charge in [-0.3, -0.25) is 0 Å². The number of ether oxygens (including phenoxy) is 2. The molecule has 26 heavy (non-hydrogen) atoms. The molecule has 0 unspecified atom stereocenters. The third-order valence-corrected chi connectivity index (χ3v) is 4.38. The van der Waals surface area contributed by atoms with Crippen molar-refractivity contribution in [2.24, 2.45) is 0 Å². The largest absolute Gasteiger partial charge is 0.492 e. The van der Waals surface area contributed by atoms with Crippen molar-refractivity contribution < 1.29 is 9.47 Å². The lowest BCUT2D eigenvalue weighted by Gasteiger charge is -2.22. The lowest BCUT2D eigenvalue weighted by Crippen LogP contribution is -2.29. The van der Waals surface area contributed by atoms with E-state index in [1.807, 2.05) is 55.4 Å². The van der Waals surface area contributed by atoms with Crippen LogP contribution < -0.4 is 19.7 Å². The van der Waals surface area contributed by atoms with Gasteiger partial charge in [0.2, 0.25) is 0 Å². The molecule has 0 heterocycles. The van der Waals surface area contributed by atoms with Crippen LogP contribution in [0.2, 0.25) is 0 Å². The molecule has 2 aromatic carbocycles. The molecule has 0 atom stereocenters. The Morgan fingerprint density at radius 2 is 1.77 bits per heavy atom. The molecule has 4 nitrogen and oxygen atoms in total. The molecule has 0 saturated carbocycles. The quantitative estimate of drug-likeness (QED) is 0.601. The third kappa shape index (κ3) is 5.71. The summed E-state index contributed by atoms with van der Waals surface area (Å²) in [6, 6.07) is 15.9. The van der Waals surface area contributed by atoms with Gasteiger partial charge in [0.25, 0.3) is 5.17 Å². The minimum atomic E-state index is 0.115. The van der Waals surface area contributed by atoms with E-state index in [1.165, 1.54) is 5.56 Å². The van der Waals surface area contributed by atoms with Crippen LogP contribution in [-0.2, 0) is 5.41 Å². The number of anilines is 1. The second kappa shape index (κ2) is 9.01. The molecule has 0 bridgehead atoms. The van der Waals surface area contributed by atoms with Crippen LogP contribution in [0.3, 0.4) is 0 Å². The summed E-state index contributed by atoms with van der Waals surface area (Å²) >= 11 is 5.45. The van der Waals surface area contributed by atoms with Crippen molar-refractivity contribution in [1.29, 1.82) is 0 Å². The van der Waals surface area contributed by atoms with E-state index in [-0.39, 0.29) is 5.41 Å². The molecule has 5 heteroatoms. The molecule has 0 amide bonds. The van der Waals surface area contributed by atoms with Crippen LogP contribution in [0.1, 0.15) is 26.3 Å². The summed E-state index contributed by atoms with van der Waals surface area (Å²) in [7, 11) is 3.79. The van der Waals surface area contributed by atoms with Gasteiger partial charge in [0, 0.05) is 25.3 Å². The first-order chi connectivity index (χ1) is 12.3.